The van der Waals surface area contributed by atoms with Crippen molar-refractivity contribution in [3.05, 3.63) is 71.8 Å². The van der Waals surface area contributed by atoms with Crippen LogP contribution in [0.3, 0.4) is 0 Å². The quantitative estimate of drug-likeness (QED) is 0.112. The molecule has 0 spiro atoms. The Balaban J connectivity index is 1.90. The summed E-state index contributed by atoms with van der Waals surface area (Å²) >= 11 is 0. The van der Waals surface area contributed by atoms with Crippen LogP contribution in [0.15, 0.2) is 60.7 Å². The van der Waals surface area contributed by atoms with E-state index in [9.17, 15) is 9.90 Å². The van der Waals surface area contributed by atoms with E-state index >= 15 is 0 Å². The smallest absolute Gasteiger partial charge is 0.193 e. The molecule has 2 aromatic rings. The molecule has 0 saturated heterocycles. The third-order valence-electron chi connectivity index (χ3n) is 4.82. The van der Waals surface area contributed by atoms with Crippen LogP contribution in [-0.4, -0.2) is 31.4 Å². The summed E-state index contributed by atoms with van der Waals surface area (Å²) < 4.78 is 16.0. The van der Waals surface area contributed by atoms with Gasteiger partial charge < -0.3 is 19.3 Å². The van der Waals surface area contributed by atoms with Crippen LogP contribution < -0.4 is 9.47 Å². The molecule has 0 atom stereocenters. The Morgan fingerprint density at radius 3 is 2.44 bits per heavy atom. The van der Waals surface area contributed by atoms with Crippen molar-refractivity contribution in [3.63, 3.8) is 0 Å². The van der Waals surface area contributed by atoms with E-state index in [1.54, 1.807) is 37.5 Å². The zero-order valence-corrected chi connectivity index (χ0v) is 19.1. The zero-order chi connectivity index (χ0) is 23.0. The fourth-order valence-electron chi connectivity index (χ4n) is 3.08. The molecule has 2 aromatic carbocycles. The van der Waals surface area contributed by atoms with E-state index in [4.69, 9.17) is 14.2 Å². The fourth-order valence-corrected chi connectivity index (χ4v) is 3.08. The number of unbranched alkanes of at least 4 members (excludes halogenated alkanes) is 4. The third kappa shape index (κ3) is 8.98. The van der Waals surface area contributed by atoms with Crippen molar-refractivity contribution < 1.29 is 24.1 Å². The number of hydrogen-bond donors (Lipinski definition) is 1. The van der Waals surface area contributed by atoms with E-state index in [0.29, 0.717) is 18.1 Å². The number of benzene rings is 2. The van der Waals surface area contributed by atoms with Crippen molar-refractivity contribution in [2.24, 2.45) is 0 Å². The van der Waals surface area contributed by atoms with Gasteiger partial charge in [0.2, 0.25) is 0 Å². The molecule has 0 amide bonds. The molecule has 172 valence electrons. The van der Waals surface area contributed by atoms with Crippen molar-refractivity contribution in [1.82, 2.24) is 0 Å². The lowest BCUT2D eigenvalue weighted by Crippen LogP contribution is -2.04. The van der Waals surface area contributed by atoms with Gasteiger partial charge in [-0.3, -0.25) is 4.79 Å². The lowest BCUT2D eigenvalue weighted by atomic mass is 10.1. The summed E-state index contributed by atoms with van der Waals surface area (Å²) in [5.74, 6) is 0.683. The summed E-state index contributed by atoms with van der Waals surface area (Å²) in [6, 6.07) is 12.2. The van der Waals surface area contributed by atoms with Gasteiger partial charge in [-0.1, -0.05) is 56.2 Å². The molecule has 5 heteroatoms. The molecule has 2 rings (SSSR count). The highest BCUT2D eigenvalue weighted by molar-refractivity contribution is 6.10. The second-order valence-corrected chi connectivity index (χ2v) is 7.43. The molecular weight excluding hydrogens is 404 g/mol. The van der Waals surface area contributed by atoms with Gasteiger partial charge in [0.25, 0.3) is 0 Å². The molecule has 32 heavy (non-hydrogen) atoms. The van der Waals surface area contributed by atoms with Crippen molar-refractivity contribution in [2.45, 2.75) is 45.4 Å². The number of hydrogen-bond acceptors (Lipinski definition) is 5. The van der Waals surface area contributed by atoms with Crippen molar-refractivity contribution in [2.75, 3.05) is 20.5 Å². The van der Waals surface area contributed by atoms with Crippen LogP contribution in [0.2, 0.25) is 0 Å². The predicted molar refractivity (Wildman–Crippen MR) is 128 cm³/mol. The first-order chi connectivity index (χ1) is 15.7. The number of phenols is 1. The summed E-state index contributed by atoms with van der Waals surface area (Å²) in [6.07, 6.45) is 14.2. The van der Waals surface area contributed by atoms with E-state index < -0.39 is 0 Å². The molecule has 5 nitrogen and oxygen atoms in total. The Kier molecular flexibility index (Phi) is 11.7. The van der Waals surface area contributed by atoms with Crippen LogP contribution in [-0.2, 0) is 4.74 Å². The van der Waals surface area contributed by atoms with E-state index in [1.165, 1.54) is 31.4 Å². The van der Waals surface area contributed by atoms with Gasteiger partial charge in [-0.15, -0.1) is 0 Å². The van der Waals surface area contributed by atoms with Crippen LogP contribution >= 0.6 is 0 Å². The molecule has 1 N–H and O–H groups in total. The highest BCUT2D eigenvalue weighted by Gasteiger charge is 2.15. The van der Waals surface area contributed by atoms with Gasteiger partial charge in [-0.25, -0.2) is 0 Å². The Bertz CT molecular complexity index is 868. The first-order valence-electron chi connectivity index (χ1n) is 11.2. The number of aromatic hydroxyl groups is 1. The number of ketones is 1. The Labute approximate surface area is 191 Å². The van der Waals surface area contributed by atoms with Gasteiger partial charge in [-0.2, -0.15) is 0 Å². The minimum absolute atomic E-state index is 0.0868. The molecule has 0 bridgehead atoms. The average molecular weight is 439 g/mol. The molecule has 0 fully saturated rings. The summed E-state index contributed by atoms with van der Waals surface area (Å²) in [6.45, 7) is 2.86. The molecule has 0 radical (unpaired) electrons. The molecule has 0 aromatic heterocycles. The number of allylic oxidation sites excluding steroid dienone is 3. The third-order valence-corrected chi connectivity index (χ3v) is 4.82. The predicted octanol–water partition coefficient (Wildman–Crippen LogP) is 6.57. The van der Waals surface area contributed by atoms with Gasteiger partial charge in [0.05, 0.1) is 6.61 Å². The van der Waals surface area contributed by atoms with Crippen LogP contribution in [0.25, 0.3) is 6.08 Å². The van der Waals surface area contributed by atoms with Crippen LogP contribution in [0.4, 0.5) is 0 Å². The standard InChI is InChI=1S/C27H34O5/c1-3-4-5-6-7-8-9-10-20-31-26-13-11-12-24(28)27(26)25(29)19-16-22-14-17-23(18-15-22)32-21-30-2/h7-8,11-19,28H,3-6,9-10,20-21H2,1-2H3/b8-7-,19-16+. The maximum Gasteiger partial charge on any atom is 0.193 e. The molecule has 0 aliphatic heterocycles. The van der Waals surface area contributed by atoms with E-state index in [1.807, 2.05) is 12.1 Å². The van der Waals surface area contributed by atoms with E-state index in [0.717, 1.165) is 24.8 Å². The maximum atomic E-state index is 12.7. The molecule has 0 saturated carbocycles. The Morgan fingerprint density at radius 1 is 0.969 bits per heavy atom. The van der Waals surface area contributed by atoms with E-state index in [-0.39, 0.29) is 23.9 Å². The highest BCUT2D eigenvalue weighted by Crippen LogP contribution is 2.29. The maximum absolute atomic E-state index is 12.7. The van der Waals surface area contributed by atoms with Gasteiger partial charge in [0, 0.05) is 7.11 Å². The van der Waals surface area contributed by atoms with E-state index in [2.05, 4.69) is 19.1 Å². The Hall–Kier alpha value is -3.05. The lowest BCUT2D eigenvalue weighted by molar-refractivity contribution is 0.0511. The van der Waals surface area contributed by atoms with Crippen LogP contribution in [0.1, 0.15) is 61.4 Å². The first kappa shape index (κ1) is 25.2. The Morgan fingerprint density at radius 2 is 1.72 bits per heavy atom. The summed E-state index contributed by atoms with van der Waals surface area (Å²) in [5.41, 5.74) is 1.02. The second-order valence-electron chi connectivity index (χ2n) is 7.43. The molecule has 0 aliphatic carbocycles. The number of rotatable bonds is 15. The first-order valence-corrected chi connectivity index (χ1v) is 11.2. The number of methoxy groups -OCH3 is 1. The van der Waals surface area contributed by atoms with Crippen molar-refractivity contribution >= 4 is 11.9 Å². The average Bonchev–Trinajstić information content (AvgIpc) is 2.81. The lowest BCUT2D eigenvalue weighted by Gasteiger charge is -2.10. The highest BCUT2D eigenvalue weighted by atomic mass is 16.7. The molecule has 0 heterocycles. The van der Waals surface area contributed by atoms with Crippen LogP contribution in [0, 0.1) is 0 Å². The molecule has 0 unspecified atom stereocenters. The SMILES string of the molecule is CCCCC/C=C\CCCOc1cccc(O)c1C(=O)/C=C/c1ccc(OCOC)cc1. The van der Waals surface area contributed by atoms with Gasteiger partial charge in [-0.05, 0) is 61.6 Å². The van der Waals surface area contributed by atoms with Crippen molar-refractivity contribution in [1.29, 1.82) is 0 Å². The number of phenolic OH excluding ortho intramolecular Hbond substituents is 1. The number of ether oxygens (including phenoxy) is 3. The number of carbonyl (C=O) groups excluding carboxylic acids is 1. The van der Waals surface area contributed by atoms with Gasteiger partial charge >= 0.3 is 0 Å². The minimum Gasteiger partial charge on any atom is -0.507 e. The number of carbonyl (C=O) groups is 1. The monoisotopic (exact) mass is 438 g/mol. The summed E-state index contributed by atoms with van der Waals surface area (Å²) in [5, 5.41) is 10.2. The summed E-state index contributed by atoms with van der Waals surface area (Å²) in [4.78, 5) is 12.7. The van der Waals surface area contributed by atoms with Crippen molar-refractivity contribution in [3.8, 4) is 17.2 Å². The largest absolute Gasteiger partial charge is 0.507 e. The zero-order valence-electron chi connectivity index (χ0n) is 19.1. The topological polar surface area (TPSA) is 65.0 Å². The van der Waals surface area contributed by atoms with Gasteiger partial charge in [0.15, 0.2) is 12.6 Å². The second kappa shape index (κ2) is 14.9. The molecule has 0 aliphatic rings. The molecular formula is C27H34O5. The normalized spacial score (nSPS) is 11.3. The fraction of sp³-hybridized carbons (Fsp3) is 0.370. The minimum atomic E-state index is -0.311. The van der Waals surface area contributed by atoms with Gasteiger partial charge in [0.1, 0.15) is 22.8 Å². The van der Waals surface area contributed by atoms with Crippen LogP contribution in [0.5, 0.6) is 17.2 Å². The summed E-state index contributed by atoms with van der Waals surface area (Å²) in [7, 11) is 1.56.